The number of morpholine rings is 1. The molecule has 1 saturated heterocycles. The van der Waals surface area contributed by atoms with E-state index in [1.807, 2.05) is 29.6 Å². The van der Waals surface area contributed by atoms with E-state index in [0.717, 1.165) is 54.7 Å². The van der Waals surface area contributed by atoms with E-state index in [9.17, 15) is 0 Å². The Morgan fingerprint density at radius 2 is 2.17 bits per heavy atom. The van der Waals surface area contributed by atoms with Crippen LogP contribution < -0.4 is 10.5 Å². The lowest BCUT2D eigenvalue weighted by molar-refractivity contribution is 0.0339. The highest BCUT2D eigenvalue weighted by Crippen LogP contribution is 2.26. The van der Waals surface area contributed by atoms with E-state index in [0.29, 0.717) is 5.84 Å². The SMILES string of the molecule is COc1ccc(N=C(N)c2cccs2)cc1CN1CCOCC1. The zero-order valence-corrected chi connectivity index (χ0v) is 14.0. The molecule has 5 nitrogen and oxygen atoms in total. The van der Waals surface area contributed by atoms with Crippen LogP contribution in [0.2, 0.25) is 0 Å². The third-order valence-corrected chi connectivity index (χ3v) is 4.68. The first kappa shape index (κ1) is 16.0. The third kappa shape index (κ3) is 4.10. The minimum atomic E-state index is 0.544. The molecule has 2 aromatic rings. The molecular weight excluding hydrogens is 310 g/mol. The van der Waals surface area contributed by atoms with Crippen molar-refractivity contribution in [1.82, 2.24) is 4.90 Å². The highest BCUT2D eigenvalue weighted by Gasteiger charge is 2.14. The van der Waals surface area contributed by atoms with Crippen LogP contribution in [-0.2, 0) is 11.3 Å². The molecule has 0 bridgehead atoms. The van der Waals surface area contributed by atoms with Crippen LogP contribution in [0, 0.1) is 0 Å². The topological polar surface area (TPSA) is 60.1 Å². The fourth-order valence-corrected chi connectivity index (χ4v) is 3.20. The van der Waals surface area contributed by atoms with E-state index in [1.165, 1.54) is 0 Å². The Kier molecular flexibility index (Phi) is 5.27. The average molecular weight is 331 g/mol. The van der Waals surface area contributed by atoms with Gasteiger partial charge in [0.1, 0.15) is 11.6 Å². The first-order chi connectivity index (χ1) is 11.3. The summed E-state index contributed by atoms with van der Waals surface area (Å²) < 4.78 is 10.9. The van der Waals surface area contributed by atoms with Gasteiger partial charge in [-0.3, -0.25) is 4.90 Å². The molecule has 6 heteroatoms. The van der Waals surface area contributed by atoms with Gasteiger partial charge in [0.2, 0.25) is 0 Å². The van der Waals surface area contributed by atoms with Gasteiger partial charge in [0, 0.05) is 25.2 Å². The maximum Gasteiger partial charge on any atom is 0.141 e. The average Bonchev–Trinajstić information content (AvgIpc) is 3.11. The van der Waals surface area contributed by atoms with Gasteiger partial charge in [-0.05, 0) is 29.6 Å². The molecule has 0 amide bonds. The normalized spacial score (nSPS) is 16.5. The maximum atomic E-state index is 6.08. The summed E-state index contributed by atoms with van der Waals surface area (Å²) in [5.41, 5.74) is 8.05. The number of aliphatic imine (C=N–C) groups is 1. The van der Waals surface area contributed by atoms with E-state index in [-0.39, 0.29) is 0 Å². The third-order valence-electron chi connectivity index (χ3n) is 3.78. The first-order valence-electron chi connectivity index (χ1n) is 7.61. The van der Waals surface area contributed by atoms with Gasteiger partial charge in [0.25, 0.3) is 0 Å². The number of hydrogen-bond donors (Lipinski definition) is 1. The molecule has 1 aromatic heterocycles. The molecule has 23 heavy (non-hydrogen) atoms. The van der Waals surface area contributed by atoms with Gasteiger partial charge >= 0.3 is 0 Å². The van der Waals surface area contributed by atoms with Crippen LogP contribution in [0.15, 0.2) is 40.7 Å². The molecule has 0 aliphatic carbocycles. The van der Waals surface area contributed by atoms with Crippen molar-refractivity contribution in [3.63, 3.8) is 0 Å². The Morgan fingerprint density at radius 1 is 1.35 bits per heavy atom. The number of methoxy groups -OCH3 is 1. The Balaban J connectivity index is 1.82. The summed E-state index contributed by atoms with van der Waals surface area (Å²) in [5, 5.41) is 2.00. The van der Waals surface area contributed by atoms with Gasteiger partial charge in [-0.2, -0.15) is 0 Å². The van der Waals surface area contributed by atoms with Crippen molar-refractivity contribution in [1.29, 1.82) is 0 Å². The van der Waals surface area contributed by atoms with Crippen molar-refractivity contribution >= 4 is 22.9 Å². The Bertz CT molecular complexity index is 664. The van der Waals surface area contributed by atoms with Crippen molar-refractivity contribution in [3.8, 4) is 5.75 Å². The van der Waals surface area contributed by atoms with E-state index in [2.05, 4.69) is 16.0 Å². The minimum absolute atomic E-state index is 0.544. The summed E-state index contributed by atoms with van der Waals surface area (Å²) in [6, 6.07) is 9.88. The highest BCUT2D eigenvalue weighted by atomic mass is 32.1. The molecule has 0 spiro atoms. The lowest BCUT2D eigenvalue weighted by Gasteiger charge is -2.27. The van der Waals surface area contributed by atoms with Crippen LogP contribution in [0.25, 0.3) is 0 Å². The van der Waals surface area contributed by atoms with E-state index in [4.69, 9.17) is 15.2 Å². The van der Waals surface area contributed by atoms with Crippen molar-refractivity contribution in [2.45, 2.75) is 6.54 Å². The molecule has 0 radical (unpaired) electrons. The molecule has 2 N–H and O–H groups in total. The number of nitrogens with two attached hydrogens (primary N) is 1. The van der Waals surface area contributed by atoms with Crippen LogP contribution in [-0.4, -0.2) is 44.1 Å². The van der Waals surface area contributed by atoms with Crippen molar-refractivity contribution < 1.29 is 9.47 Å². The molecule has 0 atom stereocenters. The molecule has 0 saturated carbocycles. The van der Waals surface area contributed by atoms with Crippen molar-refractivity contribution in [3.05, 3.63) is 46.2 Å². The molecule has 1 aliphatic heterocycles. The van der Waals surface area contributed by atoms with Crippen LogP contribution in [0.4, 0.5) is 5.69 Å². The predicted octanol–water partition coefficient (Wildman–Crippen LogP) is 2.63. The second kappa shape index (κ2) is 7.59. The monoisotopic (exact) mass is 331 g/mol. The van der Waals surface area contributed by atoms with Crippen LogP contribution >= 0.6 is 11.3 Å². The minimum Gasteiger partial charge on any atom is -0.496 e. The fraction of sp³-hybridized carbons (Fsp3) is 0.353. The predicted molar refractivity (Wildman–Crippen MR) is 93.8 cm³/mol. The number of thiophene rings is 1. The summed E-state index contributed by atoms with van der Waals surface area (Å²) in [7, 11) is 1.70. The molecule has 1 fully saturated rings. The summed E-state index contributed by atoms with van der Waals surface area (Å²) >= 11 is 1.59. The Morgan fingerprint density at radius 3 is 2.87 bits per heavy atom. The summed E-state index contributed by atoms with van der Waals surface area (Å²) in [5.74, 6) is 1.42. The second-order valence-corrected chi connectivity index (χ2v) is 6.31. The van der Waals surface area contributed by atoms with Crippen LogP contribution in [0.3, 0.4) is 0 Å². The number of rotatable bonds is 5. The standard InChI is InChI=1S/C17H21N3O2S/c1-21-15-5-4-14(19-17(18)16-3-2-10-23-16)11-13(15)12-20-6-8-22-9-7-20/h2-5,10-11H,6-9,12H2,1H3,(H2,18,19). The molecule has 122 valence electrons. The van der Waals surface area contributed by atoms with Crippen molar-refractivity contribution in [2.24, 2.45) is 10.7 Å². The summed E-state index contributed by atoms with van der Waals surface area (Å²) in [6.45, 7) is 4.27. The zero-order valence-electron chi connectivity index (χ0n) is 13.2. The summed E-state index contributed by atoms with van der Waals surface area (Å²) in [4.78, 5) is 7.88. The molecule has 3 rings (SSSR count). The molecule has 1 aromatic carbocycles. The van der Waals surface area contributed by atoms with Gasteiger partial charge in [0.05, 0.1) is 30.9 Å². The maximum absolute atomic E-state index is 6.08. The van der Waals surface area contributed by atoms with Gasteiger partial charge in [0.15, 0.2) is 0 Å². The number of ether oxygens (including phenoxy) is 2. The van der Waals surface area contributed by atoms with Gasteiger partial charge in [-0.25, -0.2) is 4.99 Å². The zero-order chi connectivity index (χ0) is 16.1. The van der Waals surface area contributed by atoms with Crippen LogP contribution in [0.5, 0.6) is 5.75 Å². The number of benzene rings is 1. The van der Waals surface area contributed by atoms with Crippen LogP contribution in [0.1, 0.15) is 10.4 Å². The van der Waals surface area contributed by atoms with E-state index < -0.39 is 0 Å². The Labute approximate surface area is 140 Å². The number of nitrogens with zero attached hydrogens (tertiary/aromatic N) is 2. The van der Waals surface area contributed by atoms with Gasteiger partial charge in [-0.1, -0.05) is 6.07 Å². The van der Waals surface area contributed by atoms with E-state index >= 15 is 0 Å². The van der Waals surface area contributed by atoms with Crippen molar-refractivity contribution in [2.75, 3.05) is 33.4 Å². The number of hydrogen-bond acceptors (Lipinski definition) is 5. The quantitative estimate of drug-likeness (QED) is 0.676. The Hall–Kier alpha value is -1.89. The summed E-state index contributed by atoms with van der Waals surface area (Å²) in [6.07, 6.45) is 0. The number of amidine groups is 1. The smallest absolute Gasteiger partial charge is 0.141 e. The second-order valence-electron chi connectivity index (χ2n) is 5.36. The van der Waals surface area contributed by atoms with E-state index in [1.54, 1.807) is 18.4 Å². The fourth-order valence-electron chi connectivity index (χ4n) is 2.58. The molecule has 1 aliphatic rings. The molecular formula is C17H21N3O2S. The molecule has 0 unspecified atom stereocenters. The lowest BCUT2D eigenvalue weighted by atomic mass is 10.1. The highest BCUT2D eigenvalue weighted by molar-refractivity contribution is 7.12. The largest absolute Gasteiger partial charge is 0.496 e. The van der Waals surface area contributed by atoms with Gasteiger partial charge < -0.3 is 15.2 Å². The first-order valence-corrected chi connectivity index (χ1v) is 8.49. The van der Waals surface area contributed by atoms with Gasteiger partial charge in [-0.15, -0.1) is 11.3 Å². The molecule has 2 heterocycles. The lowest BCUT2D eigenvalue weighted by Crippen LogP contribution is -2.35.